The van der Waals surface area contributed by atoms with Crippen LogP contribution in [-0.2, 0) is 10.0 Å². The van der Waals surface area contributed by atoms with E-state index in [2.05, 4.69) is 6.92 Å². The number of hydrogen-bond donors (Lipinski definition) is 0. The van der Waals surface area contributed by atoms with Gasteiger partial charge in [-0.2, -0.15) is 4.31 Å². The topological polar surface area (TPSA) is 37.1 Å². The molecular weight excluding hydrogens is 234 g/mol. The molecule has 1 aliphatic heterocycles. The quantitative estimate of drug-likeness (QED) is 0.447. The third-order valence-electron chi connectivity index (χ3n) is 3.48. The summed E-state index contributed by atoms with van der Waals surface area (Å²) in [4.78, 5) is 0. The Labute approximate surface area is 107 Å². The van der Waals surface area contributed by atoms with Crippen molar-refractivity contribution in [3.8, 4) is 0 Å². The fourth-order valence-electron chi connectivity index (χ4n) is 2.32. The number of unbranched alkanes of at least 4 members (excludes halogenated alkanes) is 7. The molecule has 1 rings (SSSR count). The Balaban J connectivity index is 1.86. The van der Waals surface area contributed by atoms with Gasteiger partial charge in [-0.1, -0.05) is 58.3 Å². The zero-order chi connectivity index (χ0) is 12.7. The summed E-state index contributed by atoms with van der Waals surface area (Å²) in [5, 5.41) is 0. The summed E-state index contributed by atoms with van der Waals surface area (Å²) < 4.78 is 23.9. The van der Waals surface area contributed by atoms with Crippen molar-refractivity contribution < 1.29 is 8.42 Å². The number of hydrogen-bond acceptors (Lipinski definition) is 2. The van der Waals surface area contributed by atoms with Gasteiger partial charge in [0.2, 0.25) is 10.0 Å². The van der Waals surface area contributed by atoms with Gasteiger partial charge in [-0.15, -0.1) is 0 Å². The van der Waals surface area contributed by atoms with Gasteiger partial charge in [0.25, 0.3) is 0 Å². The summed E-state index contributed by atoms with van der Waals surface area (Å²) in [7, 11) is -2.90. The Hall–Kier alpha value is -0.0900. The molecule has 2 atom stereocenters. The van der Waals surface area contributed by atoms with Crippen molar-refractivity contribution in [3.63, 3.8) is 0 Å². The zero-order valence-corrected chi connectivity index (χ0v) is 12.1. The van der Waals surface area contributed by atoms with E-state index in [1.807, 2.05) is 0 Å². The van der Waals surface area contributed by atoms with Crippen LogP contribution in [0.5, 0.6) is 0 Å². The Morgan fingerprint density at radius 1 is 1.00 bits per heavy atom. The molecule has 4 heteroatoms. The highest BCUT2D eigenvalue weighted by Gasteiger charge is 2.40. The maximum Gasteiger partial charge on any atom is 0.211 e. The van der Waals surface area contributed by atoms with E-state index in [1.165, 1.54) is 57.6 Å². The molecule has 0 aromatic heterocycles. The summed E-state index contributed by atoms with van der Waals surface area (Å²) in [5.41, 5.74) is 0. The summed E-state index contributed by atoms with van der Waals surface area (Å²) >= 11 is 0. The van der Waals surface area contributed by atoms with Crippen molar-refractivity contribution >= 4 is 10.0 Å². The van der Waals surface area contributed by atoms with Gasteiger partial charge in [-0.25, -0.2) is 8.42 Å². The van der Waals surface area contributed by atoms with Crippen LogP contribution in [0.4, 0.5) is 0 Å². The highest BCUT2D eigenvalue weighted by molar-refractivity contribution is 7.88. The summed E-state index contributed by atoms with van der Waals surface area (Å²) in [6.45, 7) is 3.00. The molecule has 0 spiro atoms. The van der Waals surface area contributed by atoms with Crippen molar-refractivity contribution in [3.05, 3.63) is 0 Å². The van der Waals surface area contributed by atoms with Crippen LogP contribution in [0.25, 0.3) is 0 Å². The first-order valence-electron chi connectivity index (χ1n) is 7.02. The molecule has 0 bridgehead atoms. The smallest absolute Gasteiger partial charge is 0.211 e. The van der Waals surface area contributed by atoms with E-state index in [1.54, 1.807) is 4.31 Å². The summed E-state index contributed by atoms with van der Waals surface area (Å²) in [6.07, 6.45) is 12.9. The highest BCUT2D eigenvalue weighted by atomic mass is 32.2. The second-order valence-electron chi connectivity index (χ2n) is 5.25. The average molecular weight is 261 g/mol. The van der Waals surface area contributed by atoms with Crippen molar-refractivity contribution in [1.29, 1.82) is 0 Å². The van der Waals surface area contributed by atoms with Gasteiger partial charge in [-0.3, -0.25) is 0 Å². The molecule has 2 unspecified atom stereocenters. The monoisotopic (exact) mass is 261 g/mol. The normalized spacial score (nSPS) is 23.9. The minimum absolute atomic E-state index is 0.324. The van der Waals surface area contributed by atoms with Gasteiger partial charge < -0.3 is 0 Å². The van der Waals surface area contributed by atoms with E-state index in [4.69, 9.17) is 0 Å². The minimum atomic E-state index is -2.90. The minimum Gasteiger partial charge on any atom is -0.212 e. The molecule has 1 heterocycles. The highest BCUT2D eigenvalue weighted by Crippen LogP contribution is 2.26. The van der Waals surface area contributed by atoms with Crippen LogP contribution >= 0.6 is 0 Å². The SMILES string of the molecule is CCCCCCCCCCC1CN1S(C)(=O)=O. The largest absolute Gasteiger partial charge is 0.212 e. The fraction of sp³-hybridized carbons (Fsp3) is 1.00. The molecule has 0 radical (unpaired) electrons. The Kier molecular flexibility index (Phi) is 6.49. The molecule has 17 heavy (non-hydrogen) atoms. The Morgan fingerprint density at radius 2 is 1.53 bits per heavy atom. The van der Waals surface area contributed by atoms with E-state index in [0.29, 0.717) is 6.04 Å². The van der Waals surface area contributed by atoms with Crippen LogP contribution in [0, 0.1) is 0 Å². The molecule has 3 nitrogen and oxygen atoms in total. The predicted molar refractivity (Wildman–Crippen MR) is 72.6 cm³/mol. The lowest BCUT2D eigenvalue weighted by atomic mass is 10.1. The number of sulfonamides is 1. The first kappa shape index (κ1) is 15.0. The van der Waals surface area contributed by atoms with Crippen molar-refractivity contribution in [2.45, 2.75) is 70.8 Å². The average Bonchev–Trinajstić information content (AvgIpc) is 3.01. The van der Waals surface area contributed by atoms with Crippen LogP contribution < -0.4 is 0 Å². The second-order valence-corrected chi connectivity index (χ2v) is 7.19. The molecule has 0 aromatic rings. The molecule has 1 aliphatic rings. The summed E-state index contributed by atoms with van der Waals surface area (Å²) in [5.74, 6) is 0. The Bertz CT molecular complexity index is 301. The van der Waals surface area contributed by atoms with Crippen LogP contribution in [0.1, 0.15) is 64.7 Å². The van der Waals surface area contributed by atoms with E-state index in [-0.39, 0.29) is 0 Å². The molecule has 102 valence electrons. The van der Waals surface area contributed by atoms with E-state index >= 15 is 0 Å². The lowest BCUT2D eigenvalue weighted by molar-refractivity contribution is 0.533. The zero-order valence-electron chi connectivity index (χ0n) is 11.3. The van der Waals surface area contributed by atoms with Gasteiger partial charge in [0.15, 0.2) is 0 Å². The Morgan fingerprint density at radius 3 is 2.00 bits per heavy atom. The molecule has 1 saturated heterocycles. The van der Waals surface area contributed by atoms with Crippen LogP contribution in [0.2, 0.25) is 0 Å². The fourth-order valence-corrected chi connectivity index (χ4v) is 3.41. The lowest BCUT2D eigenvalue weighted by Crippen LogP contribution is -2.11. The van der Waals surface area contributed by atoms with Crippen LogP contribution in [0.15, 0.2) is 0 Å². The molecule has 0 amide bonds. The van der Waals surface area contributed by atoms with Gasteiger partial charge in [0, 0.05) is 12.6 Å². The van der Waals surface area contributed by atoms with Crippen molar-refractivity contribution in [2.75, 3.05) is 12.8 Å². The van der Waals surface area contributed by atoms with E-state index in [9.17, 15) is 8.42 Å². The number of nitrogens with zero attached hydrogens (tertiary/aromatic N) is 1. The molecule has 0 N–H and O–H groups in total. The summed E-state index contributed by atoms with van der Waals surface area (Å²) in [6, 6.07) is 0.324. The van der Waals surface area contributed by atoms with Crippen LogP contribution in [-0.4, -0.2) is 31.6 Å². The lowest BCUT2D eigenvalue weighted by Gasteiger charge is -2.02. The van der Waals surface area contributed by atoms with Gasteiger partial charge in [0.05, 0.1) is 6.26 Å². The molecule has 0 aliphatic carbocycles. The maximum atomic E-state index is 11.2. The van der Waals surface area contributed by atoms with E-state index < -0.39 is 10.0 Å². The molecule has 1 fully saturated rings. The van der Waals surface area contributed by atoms with Crippen molar-refractivity contribution in [1.82, 2.24) is 4.31 Å². The van der Waals surface area contributed by atoms with Gasteiger partial charge in [0.1, 0.15) is 0 Å². The maximum absolute atomic E-state index is 11.2. The number of rotatable bonds is 10. The molecule has 0 saturated carbocycles. The van der Waals surface area contributed by atoms with E-state index in [0.717, 1.165) is 13.0 Å². The molecular formula is C13H27NO2S. The van der Waals surface area contributed by atoms with Crippen molar-refractivity contribution in [2.24, 2.45) is 0 Å². The first-order valence-corrected chi connectivity index (χ1v) is 8.87. The standard InChI is InChI=1S/C13H27NO2S/c1-3-4-5-6-7-8-9-10-11-13-12-14(13)17(2,15)16/h13H,3-12H2,1-2H3. The third kappa shape index (κ3) is 6.41. The predicted octanol–water partition coefficient (Wildman–Crippen LogP) is 3.16. The second kappa shape index (κ2) is 7.37. The van der Waals surface area contributed by atoms with Gasteiger partial charge in [-0.05, 0) is 6.42 Å². The first-order chi connectivity index (χ1) is 8.05. The van der Waals surface area contributed by atoms with Gasteiger partial charge >= 0.3 is 0 Å². The van der Waals surface area contributed by atoms with Crippen LogP contribution in [0.3, 0.4) is 0 Å². The third-order valence-corrected chi connectivity index (χ3v) is 4.78. The molecule has 0 aromatic carbocycles.